The highest BCUT2D eigenvalue weighted by molar-refractivity contribution is 7.12. The molecule has 2 amide bonds. The van der Waals surface area contributed by atoms with E-state index in [1.807, 2.05) is 41.4 Å². The van der Waals surface area contributed by atoms with E-state index in [1.165, 1.54) is 24.2 Å². The largest absolute Gasteiger partial charge is 0.351 e. The maximum Gasteiger partial charge on any atom is 0.267 e. The predicted molar refractivity (Wildman–Crippen MR) is 104 cm³/mol. The first-order chi connectivity index (χ1) is 12.6. The van der Waals surface area contributed by atoms with Gasteiger partial charge in [0.1, 0.15) is 5.70 Å². The molecule has 2 aromatic rings. The Labute approximate surface area is 157 Å². The van der Waals surface area contributed by atoms with Crippen molar-refractivity contribution in [3.05, 3.63) is 52.1 Å². The molecule has 0 bridgehead atoms. The number of likely N-dealkylation sites (tertiary alicyclic amines) is 1. The van der Waals surface area contributed by atoms with E-state index in [4.69, 9.17) is 0 Å². The molecule has 7 heteroatoms. The number of amides is 2. The van der Waals surface area contributed by atoms with Crippen LogP contribution >= 0.6 is 11.3 Å². The lowest BCUT2D eigenvalue weighted by atomic mass is 10.3. The van der Waals surface area contributed by atoms with Gasteiger partial charge in [-0.05, 0) is 55.6 Å². The molecule has 0 radical (unpaired) electrons. The van der Waals surface area contributed by atoms with Crippen LogP contribution in [0.2, 0.25) is 0 Å². The van der Waals surface area contributed by atoms with Crippen LogP contribution in [0.5, 0.6) is 0 Å². The lowest BCUT2D eigenvalue weighted by Gasteiger charge is -2.16. The maximum absolute atomic E-state index is 12.6. The Kier molecular flexibility index (Phi) is 6.25. The lowest BCUT2D eigenvalue weighted by Crippen LogP contribution is -2.38. The summed E-state index contributed by atoms with van der Waals surface area (Å²) in [4.78, 5) is 27.9. The van der Waals surface area contributed by atoms with Gasteiger partial charge in [0.05, 0.1) is 4.88 Å². The number of aryl methyl sites for hydroxylation is 1. The SMILES string of the molecule is Cn1cccc1C=C(NC(=O)c1cccs1)C(=O)NCCN1CCCC1. The number of nitrogens with zero attached hydrogens (tertiary/aromatic N) is 2. The van der Waals surface area contributed by atoms with Crippen molar-refractivity contribution in [3.63, 3.8) is 0 Å². The van der Waals surface area contributed by atoms with Gasteiger partial charge < -0.3 is 20.1 Å². The number of hydrogen-bond acceptors (Lipinski definition) is 4. The van der Waals surface area contributed by atoms with Crippen LogP contribution in [0.25, 0.3) is 6.08 Å². The van der Waals surface area contributed by atoms with Crippen molar-refractivity contribution >= 4 is 29.2 Å². The van der Waals surface area contributed by atoms with Crippen molar-refractivity contribution in [2.24, 2.45) is 7.05 Å². The minimum absolute atomic E-state index is 0.256. The molecule has 2 aromatic heterocycles. The summed E-state index contributed by atoms with van der Waals surface area (Å²) in [7, 11) is 1.90. The van der Waals surface area contributed by atoms with Crippen molar-refractivity contribution in [2.75, 3.05) is 26.2 Å². The van der Waals surface area contributed by atoms with Gasteiger partial charge in [-0.2, -0.15) is 0 Å². The van der Waals surface area contributed by atoms with E-state index in [1.54, 1.807) is 12.1 Å². The third-order valence-corrected chi connectivity index (χ3v) is 5.29. The molecule has 138 valence electrons. The van der Waals surface area contributed by atoms with E-state index in [9.17, 15) is 9.59 Å². The molecule has 3 rings (SSSR count). The average Bonchev–Trinajstić information content (AvgIpc) is 3.37. The van der Waals surface area contributed by atoms with Gasteiger partial charge in [0.15, 0.2) is 0 Å². The van der Waals surface area contributed by atoms with Crippen LogP contribution in [-0.2, 0) is 11.8 Å². The average molecular weight is 372 g/mol. The Morgan fingerprint density at radius 1 is 1.23 bits per heavy atom. The predicted octanol–water partition coefficient (Wildman–Crippen LogP) is 2.07. The molecule has 0 unspecified atom stereocenters. The Bertz CT molecular complexity index is 773. The zero-order chi connectivity index (χ0) is 18.4. The number of rotatable bonds is 7. The molecule has 6 nitrogen and oxygen atoms in total. The lowest BCUT2D eigenvalue weighted by molar-refractivity contribution is -0.117. The molecule has 1 aliphatic rings. The highest BCUT2D eigenvalue weighted by Crippen LogP contribution is 2.11. The molecule has 0 atom stereocenters. The third kappa shape index (κ3) is 4.83. The molecule has 0 aromatic carbocycles. The van der Waals surface area contributed by atoms with Gasteiger partial charge in [-0.3, -0.25) is 9.59 Å². The van der Waals surface area contributed by atoms with Crippen molar-refractivity contribution < 1.29 is 9.59 Å². The Balaban J connectivity index is 1.67. The monoisotopic (exact) mass is 372 g/mol. The van der Waals surface area contributed by atoms with Gasteiger partial charge in [0.25, 0.3) is 11.8 Å². The van der Waals surface area contributed by atoms with Gasteiger partial charge >= 0.3 is 0 Å². The van der Waals surface area contributed by atoms with Crippen LogP contribution in [0, 0.1) is 0 Å². The first-order valence-electron chi connectivity index (χ1n) is 8.82. The number of nitrogens with one attached hydrogen (secondary N) is 2. The molecule has 1 fully saturated rings. The van der Waals surface area contributed by atoms with Crippen molar-refractivity contribution in [1.29, 1.82) is 0 Å². The van der Waals surface area contributed by atoms with E-state index < -0.39 is 0 Å². The smallest absolute Gasteiger partial charge is 0.267 e. The highest BCUT2D eigenvalue weighted by Gasteiger charge is 2.16. The normalized spacial score (nSPS) is 15.2. The number of carbonyl (C=O) groups is 2. The molecular formula is C19H24N4O2S. The van der Waals surface area contributed by atoms with E-state index >= 15 is 0 Å². The third-order valence-electron chi connectivity index (χ3n) is 4.43. The summed E-state index contributed by atoms with van der Waals surface area (Å²) >= 11 is 1.35. The van der Waals surface area contributed by atoms with Crippen molar-refractivity contribution in [1.82, 2.24) is 20.1 Å². The highest BCUT2D eigenvalue weighted by atomic mass is 32.1. The van der Waals surface area contributed by atoms with Crippen molar-refractivity contribution in [3.8, 4) is 0 Å². The first kappa shape index (κ1) is 18.4. The quantitative estimate of drug-likeness (QED) is 0.731. The molecule has 0 spiro atoms. The van der Waals surface area contributed by atoms with E-state index in [0.29, 0.717) is 11.4 Å². The van der Waals surface area contributed by atoms with Crippen LogP contribution < -0.4 is 10.6 Å². The molecule has 0 aliphatic carbocycles. The van der Waals surface area contributed by atoms with Gasteiger partial charge in [-0.15, -0.1) is 11.3 Å². The Hall–Kier alpha value is -2.38. The van der Waals surface area contributed by atoms with Crippen LogP contribution in [0.15, 0.2) is 41.5 Å². The number of aromatic nitrogens is 1. The van der Waals surface area contributed by atoms with Crippen molar-refractivity contribution in [2.45, 2.75) is 12.8 Å². The summed E-state index contributed by atoms with van der Waals surface area (Å²) in [5.41, 5.74) is 1.10. The standard InChI is InChI=1S/C19H24N4O2S/c1-22-9-4-6-15(22)14-16(21-19(25)17-7-5-13-26-17)18(24)20-8-12-23-10-2-3-11-23/h4-7,9,13-14H,2-3,8,10-12H2,1H3,(H,20,24)(H,21,25). The zero-order valence-electron chi connectivity index (χ0n) is 14.9. The van der Waals surface area contributed by atoms with E-state index in [2.05, 4.69) is 15.5 Å². The summed E-state index contributed by atoms with van der Waals surface area (Å²) in [6.45, 7) is 3.59. The molecule has 3 heterocycles. The van der Waals surface area contributed by atoms with E-state index in [-0.39, 0.29) is 17.5 Å². The van der Waals surface area contributed by atoms with Crippen LogP contribution in [0.4, 0.5) is 0 Å². The summed E-state index contributed by atoms with van der Waals surface area (Å²) in [5.74, 6) is -0.537. The molecular weight excluding hydrogens is 348 g/mol. The molecule has 0 saturated carbocycles. The van der Waals surface area contributed by atoms with Crippen LogP contribution in [0.3, 0.4) is 0 Å². The fourth-order valence-corrected chi connectivity index (χ4v) is 3.57. The fourth-order valence-electron chi connectivity index (χ4n) is 2.95. The molecule has 26 heavy (non-hydrogen) atoms. The van der Waals surface area contributed by atoms with Gasteiger partial charge in [0.2, 0.25) is 0 Å². The summed E-state index contributed by atoms with van der Waals surface area (Å²) < 4.78 is 1.90. The summed E-state index contributed by atoms with van der Waals surface area (Å²) in [6.07, 6.45) is 6.05. The minimum atomic E-state index is -0.268. The second-order valence-corrected chi connectivity index (χ2v) is 7.29. The maximum atomic E-state index is 12.6. The fraction of sp³-hybridized carbons (Fsp3) is 0.368. The number of thiophene rings is 1. The number of carbonyl (C=O) groups excluding carboxylic acids is 2. The minimum Gasteiger partial charge on any atom is -0.351 e. The Morgan fingerprint density at radius 2 is 2.04 bits per heavy atom. The second-order valence-electron chi connectivity index (χ2n) is 6.34. The topological polar surface area (TPSA) is 66.4 Å². The van der Waals surface area contributed by atoms with Crippen LogP contribution in [0.1, 0.15) is 28.2 Å². The molecule has 1 aliphatic heterocycles. The summed E-state index contributed by atoms with van der Waals surface area (Å²) in [5, 5.41) is 7.52. The van der Waals surface area contributed by atoms with Gasteiger partial charge in [-0.1, -0.05) is 6.07 Å². The molecule has 2 N–H and O–H groups in total. The number of hydrogen-bond donors (Lipinski definition) is 2. The van der Waals surface area contributed by atoms with Crippen LogP contribution in [-0.4, -0.2) is 47.5 Å². The van der Waals surface area contributed by atoms with E-state index in [0.717, 1.165) is 25.3 Å². The zero-order valence-corrected chi connectivity index (χ0v) is 15.7. The first-order valence-corrected chi connectivity index (χ1v) is 9.70. The van der Waals surface area contributed by atoms with Gasteiger partial charge in [-0.25, -0.2) is 0 Å². The Morgan fingerprint density at radius 3 is 2.69 bits per heavy atom. The summed E-state index contributed by atoms with van der Waals surface area (Å²) in [6, 6.07) is 7.35. The van der Waals surface area contributed by atoms with Gasteiger partial charge in [0, 0.05) is 32.0 Å². The molecule has 1 saturated heterocycles. The second kappa shape index (κ2) is 8.82.